The summed E-state index contributed by atoms with van der Waals surface area (Å²) >= 11 is 0. The van der Waals surface area contributed by atoms with E-state index in [-0.39, 0.29) is 0 Å². The van der Waals surface area contributed by atoms with Crippen molar-refractivity contribution in [2.24, 2.45) is 0 Å². The average molecular weight is 377 g/mol. The fourth-order valence-electron chi connectivity index (χ4n) is 4.35. The number of halogens is 3. The largest absolute Gasteiger partial charge is 0.433 e. The Kier molecular flexibility index (Phi) is 3.90. The van der Waals surface area contributed by atoms with Gasteiger partial charge < -0.3 is 0 Å². The van der Waals surface area contributed by atoms with Gasteiger partial charge in [-0.05, 0) is 87.7 Å². The molecule has 0 N–H and O–H groups in total. The lowest BCUT2D eigenvalue weighted by Gasteiger charge is -2.19. The molecule has 1 nitrogen and oxygen atoms in total. The van der Waals surface area contributed by atoms with Crippen molar-refractivity contribution in [3.05, 3.63) is 77.6 Å². The molecule has 4 aromatic rings. The Balaban J connectivity index is 1.66. The molecule has 0 saturated carbocycles. The van der Waals surface area contributed by atoms with Gasteiger partial charge >= 0.3 is 6.18 Å². The Morgan fingerprint density at radius 1 is 0.714 bits per heavy atom. The summed E-state index contributed by atoms with van der Waals surface area (Å²) in [7, 11) is 0. The standard InChI is InChI=1S/C24H18F3N/c25-24(26,27)23-14-17(11-12-28-23)16-6-8-20-18(13-16)7-10-21-19-4-2-1-3-15(19)5-9-22(20)21/h5-14H,1-4H2. The first-order valence-electron chi connectivity index (χ1n) is 9.51. The number of benzene rings is 3. The summed E-state index contributed by atoms with van der Waals surface area (Å²) < 4.78 is 39.0. The summed E-state index contributed by atoms with van der Waals surface area (Å²) in [6, 6.07) is 17.3. The highest BCUT2D eigenvalue weighted by molar-refractivity contribution is 6.09. The van der Waals surface area contributed by atoms with Gasteiger partial charge in [0.25, 0.3) is 0 Å². The number of hydrogen-bond acceptors (Lipinski definition) is 1. The van der Waals surface area contributed by atoms with Crippen molar-refractivity contribution in [3.8, 4) is 11.1 Å². The maximum Gasteiger partial charge on any atom is 0.433 e. The topological polar surface area (TPSA) is 12.9 Å². The normalized spacial score (nSPS) is 14.4. The molecule has 5 rings (SSSR count). The zero-order valence-corrected chi connectivity index (χ0v) is 15.2. The molecular weight excluding hydrogens is 359 g/mol. The number of alkyl halides is 3. The number of rotatable bonds is 1. The minimum Gasteiger partial charge on any atom is -0.252 e. The maximum absolute atomic E-state index is 13.0. The van der Waals surface area contributed by atoms with E-state index in [0.717, 1.165) is 35.2 Å². The Labute approximate surface area is 160 Å². The van der Waals surface area contributed by atoms with E-state index in [1.54, 1.807) is 6.07 Å². The van der Waals surface area contributed by atoms with Crippen LogP contribution in [-0.4, -0.2) is 4.98 Å². The molecule has 4 heteroatoms. The third-order valence-corrected chi connectivity index (χ3v) is 5.73. The van der Waals surface area contributed by atoms with Crippen molar-refractivity contribution in [1.82, 2.24) is 4.98 Å². The number of hydrogen-bond donors (Lipinski definition) is 0. The van der Waals surface area contributed by atoms with Crippen molar-refractivity contribution in [1.29, 1.82) is 0 Å². The van der Waals surface area contributed by atoms with E-state index in [9.17, 15) is 13.2 Å². The van der Waals surface area contributed by atoms with E-state index in [0.29, 0.717) is 5.56 Å². The van der Waals surface area contributed by atoms with Gasteiger partial charge in [0.1, 0.15) is 5.69 Å². The lowest BCUT2D eigenvalue weighted by molar-refractivity contribution is -0.141. The van der Waals surface area contributed by atoms with Crippen LogP contribution in [0.1, 0.15) is 29.7 Å². The molecule has 3 aromatic carbocycles. The van der Waals surface area contributed by atoms with E-state index in [2.05, 4.69) is 29.2 Å². The molecule has 1 heterocycles. The summed E-state index contributed by atoms with van der Waals surface area (Å²) in [5, 5.41) is 4.70. The van der Waals surface area contributed by atoms with Gasteiger partial charge in [-0.15, -0.1) is 0 Å². The molecule has 0 fully saturated rings. The number of nitrogens with zero attached hydrogens (tertiary/aromatic N) is 1. The minimum absolute atomic E-state index is 0.523. The van der Waals surface area contributed by atoms with Crippen LogP contribution in [0.25, 0.3) is 32.7 Å². The molecule has 0 unspecified atom stereocenters. The first kappa shape index (κ1) is 17.2. The van der Waals surface area contributed by atoms with Crippen molar-refractivity contribution < 1.29 is 13.2 Å². The molecule has 0 amide bonds. The zero-order valence-electron chi connectivity index (χ0n) is 15.2. The fourth-order valence-corrected chi connectivity index (χ4v) is 4.35. The molecule has 0 saturated heterocycles. The summed E-state index contributed by atoms with van der Waals surface area (Å²) in [6.45, 7) is 0. The first-order valence-corrected chi connectivity index (χ1v) is 9.51. The van der Waals surface area contributed by atoms with E-state index in [1.165, 1.54) is 40.9 Å². The van der Waals surface area contributed by atoms with E-state index in [4.69, 9.17) is 0 Å². The molecule has 140 valence electrons. The van der Waals surface area contributed by atoms with E-state index < -0.39 is 11.9 Å². The highest BCUT2D eigenvalue weighted by Crippen LogP contribution is 2.36. The summed E-state index contributed by atoms with van der Waals surface area (Å²) in [4.78, 5) is 3.46. The molecule has 0 radical (unpaired) electrons. The highest BCUT2D eigenvalue weighted by Gasteiger charge is 2.32. The van der Waals surface area contributed by atoms with Crippen LogP contribution in [0.15, 0.2) is 60.8 Å². The molecule has 0 bridgehead atoms. The molecule has 0 aliphatic heterocycles. The lowest BCUT2D eigenvalue weighted by atomic mass is 9.86. The van der Waals surface area contributed by atoms with Crippen LogP contribution >= 0.6 is 0 Å². The predicted octanol–water partition coefficient (Wildman–Crippen LogP) is 6.95. The second kappa shape index (κ2) is 6.33. The number of aryl methyl sites for hydroxylation is 2. The third kappa shape index (κ3) is 2.84. The number of aromatic nitrogens is 1. The molecule has 1 aliphatic rings. The Hall–Kier alpha value is -2.88. The van der Waals surface area contributed by atoms with E-state index in [1.807, 2.05) is 18.2 Å². The zero-order chi connectivity index (χ0) is 19.3. The molecule has 0 atom stereocenters. The van der Waals surface area contributed by atoms with Crippen molar-refractivity contribution in [3.63, 3.8) is 0 Å². The third-order valence-electron chi connectivity index (χ3n) is 5.73. The Bertz CT molecular complexity index is 1210. The van der Waals surface area contributed by atoms with Gasteiger partial charge in [-0.1, -0.05) is 36.4 Å². The summed E-state index contributed by atoms with van der Waals surface area (Å²) in [5.41, 5.74) is 3.33. The van der Waals surface area contributed by atoms with Gasteiger partial charge in [-0.2, -0.15) is 13.2 Å². The quantitative estimate of drug-likeness (QED) is 0.327. The van der Waals surface area contributed by atoms with Crippen LogP contribution in [0, 0.1) is 0 Å². The molecule has 0 spiro atoms. The summed E-state index contributed by atoms with van der Waals surface area (Å²) in [5.74, 6) is 0. The Morgan fingerprint density at radius 3 is 2.32 bits per heavy atom. The van der Waals surface area contributed by atoms with Crippen LogP contribution < -0.4 is 0 Å². The van der Waals surface area contributed by atoms with Gasteiger partial charge in [0.05, 0.1) is 0 Å². The predicted molar refractivity (Wildman–Crippen MR) is 106 cm³/mol. The monoisotopic (exact) mass is 377 g/mol. The van der Waals surface area contributed by atoms with Gasteiger partial charge in [0, 0.05) is 6.20 Å². The first-order chi connectivity index (χ1) is 13.5. The maximum atomic E-state index is 13.0. The van der Waals surface area contributed by atoms with Gasteiger partial charge in [-0.25, -0.2) is 0 Å². The second-order valence-corrected chi connectivity index (χ2v) is 7.43. The van der Waals surface area contributed by atoms with Crippen LogP contribution in [-0.2, 0) is 19.0 Å². The van der Waals surface area contributed by atoms with E-state index >= 15 is 0 Å². The average Bonchev–Trinajstić information content (AvgIpc) is 2.72. The summed E-state index contributed by atoms with van der Waals surface area (Å²) in [6.07, 6.45) is 1.52. The Morgan fingerprint density at radius 2 is 1.46 bits per heavy atom. The van der Waals surface area contributed by atoms with Crippen molar-refractivity contribution >= 4 is 21.5 Å². The van der Waals surface area contributed by atoms with Crippen LogP contribution in [0.3, 0.4) is 0 Å². The molecule has 1 aromatic heterocycles. The molecule has 28 heavy (non-hydrogen) atoms. The smallest absolute Gasteiger partial charge is 0.252 e. The minimum atomic E-state index is -4.44. The highest BCUT2D eigenvalue weighted by atomic mass is 19.4. The van der Waals surface area contributed by atoms with Crippen molar-refractivity contribution in [2.45, 2.75) is 31.9 Å². The fraction of sp³-hybridized carbons (Fsp3) is 0.208. The number of pyridine rings is 1. The van der Waals surface area contributed by atoms with Crippen molar-refractivity contribution in [2.75, 3.05) is 0 Å². The SMILES string of the molecule is FC(F)(F)c1cc(-c2ccc3c(ccc4c5c(ccc43)CCCC5)c2)ccn1. The van der Waals surface area contributed by atoms with Gasteiger partial charge in [-0.3, -0.25) is 4.98 Å². The van der Waals surface area contributed by atoms with Crippen LogP contribution in [0.4, 0.5) is 13.2 Å². The molecular formula is C24H18F3N. The van der Waals surface area contributed by atoms with Gasteiger partial charge in [0.15, 0.2) is 0 Å². The number of fused-ring (bicyclic) bond motifs is 5. The second-order valence-electron chi connectivity index (χ2n) is 7.43. The lowest BCUT2D eigenvalue weighted by Crippen LogP contribution is -2.07. The van der Waals surface area contributed by atoms with Crippen LogP contribution in [0.2, 0.25) is 0 Å². The molecule has 1 aliphatic carbocycles. The van der Waals surface area contributed by atoms with Crippen LogP contribution in [0.5, 0.6) is 0 Å². The van der Waals surface area contributed by atoms with Gasteiger partial charge in [0.2, 0.25) is 0 Å².